The molecule has 0 heterocycles. The third-order valence-corrected chi connectivity index (χ3v) is 5.63. The zero-order valence-electron chi connectivity index (χ0n) is 15.1. The van der Waals surface area contributed by atoms with Crippen LogP contribution >= 0.6 is 23.2 Å². The van der Waals surface area contributed by atoms with Crippen LogP contribution in [0, 0.1) is 17.3 Å². The smallest absolute Gasteiger partial charge is 0.309 e. The highest BCUT2D eigenvalue weighted by Gasteiger charge is 2.61. The zero-order chi connectivity index (χ0) is 18.9. The summed E-state index contributed by atoms with van der Waals surface area (Å²) in [7, 11) is 1.39. The molecule has 2 atom stereocenters. The number of halogens is 2. The number of rotatable bonds is 2. The van der Waals surface area contributed by atoms with Gasteiger partial charge in [0.25, 0.3) is 0 Å². The van der Waals surface area contributed by atoms with Gasteiger partial charge in [-0.05, 0) is 46.1 Å². The van der Waals surface area contributed by atoms with Crippen LogP contribution in [0.4, 0.5) is 0 Å². The van der Waals surface area contributed by atoms with E-state index in [1.165, 1.54) is 29.4 Å². The molecule has 0 radical (unpaired) electrons. The fraction of sp³-hybridized carbons (Fsp3) is 0.318. The van der Waals surface area contributed by atoms with Gasteiger partial charge in [0.1, 0.15) is 4.49 Å². The first-order chi connectivity index (χ1) is 12.4. The summed E-state index contributed by atoms with van der Waals surface area (Å²) in [6.45, 7) is 3.99. The van der Waals surface area contributed by atoms with Crippen LogP contribution < -0.4 is 0 Å². The predicted octanol–water partition coefficient (Wildman–Crippen LogP) is 6.01. The van der Waals surface area contributed by atoms with E-state index in [1.54, 1.807) is 6.08 Å². The topological polar surface area (TPSA) is 26.3 Å². The maximum absolute atomic E-state index is 11.2. The molecule has 0 bridgehead atoms. The Morgan fingerprint density at radius 3 is 2.00 bits per heavy atom. The summed E-state index contributed by atoms with van der Waals surface area (Å²) in [5, 5.41) is 0. The molecule has 2 aromatic carbocycles. The van der Waals surface area contributed by atoms with Gasteiger partial charge in [-0.2, -0.15) is 0 Å². The van der Waals surface area contributed by atoms with Gasteiger partial charge in [-0.15, -0.1) is 0 Å². The molecular formula is C22H22Cl2O2. The Hall–Kier alpha value is -1.77. The highest BCUT2D eigenvalue weighted by atomic mass is 35.5. The van der Waals surface area contributed by atoms with E-state index in [-0.39, 0.29) is 27.7 Å². The second kappa shape index (κ2) is 7.46. The van der Waals surface area contributed by atoms with E-state index in [2.05, 4.69) is 53.3 Å². The number of carbonyl (C=O) groups is 1. The number of fused-ring (bicyclic) bond motifs is 3. The maximum Gasteiger partial charge on any atom is 0.309 e. The van der Waals surface area contributed by atoms with Crippen LogP contribution in [0.25, 0.3) is 11.1 Å². The van der Waals surface area contributed by atoms with Crippen LogP contribution in [0.2, 0.25) is 0 Å². The molecule has 2 aliphatic rings. The van der Waals surface area contributed by atoms with E-state index in [4.69, 9.17) is 23.2 Å². The predicted molar refractivity (Wildman–Crippen MR) is 107 cm³/mol. The van der Waals surface area contributed by atoms with Crippen molar-refractivity contribution in [3.8, 4) is 11.1 Å². The molecule has 4 heteroatoms. The molecule has 26 heavy (non-hydrogen) atoms. The van der Waals surface area contributed by atoms with Crippen LogP contribution in [0.5, 0.6) is 0 Å². The van der Waals surface area contributed by atoms with E-state index in [0.717, 1.165) is 6.42 Å². The van der Waals surface area contributed by atoms with Crippen LogP contribution in [0.1, 0.15) is 25.0 Å². The van der Waals surface area contributed by atoms with E-state index in [0.29, 0.717) is 0 Å². The van der Waals surface area contributed by atoms with Gasteiger partial charge in [-0.3, -0.25) is 4.79 Å². The number of carbonyl (C=O) groups excluding carboxylic acids is 1. The van der Waals surface area contributed by atoms with Crippen LogP contribution in [-0.2, 0) is 16.0 Å². The lowest BCUT2D eigenvalue weighted by molar-refractivity contribution is -0.143. The number of allylic oxidation sites excluding steroid dienone is 1. The van der Waals surface area contributed by atoms with E-state index in [1.807, 2.05) is 13.8 Å². The summed E-state index contributed by atoms with van der Waals surface area (Å²) >= 11 is 11.1. The van der Waals surface area contributed by atoms with Gasteiger partial charge in [0, 0.05) is 0 Å². The van der Waals surface area contributed by atoms with Crippen molar-refractivity contribution in [3.05, 3.63) is 70.2 Å². The summed E-state index contributed by atoms with van der Waals surface area (Å²) < 4.78 is 4.88. The molecule has 0 saturated heterocycles. The summed E-state index contributed by atoms with van der Waals surface area (Å²) in [4.78, 5) is 11.2. The first kappa shape index (κ1) is 19.0. The SMILES string of the molecule is COC(=O)C1C(C=C(Cl)Cl)C1(C)C.c1ccc2c(c1)Cc1ccccc1-2. The second-order valence-corrected chi connectivity index (χ2v) is 8.30. The number of esters is 1. The van der Waals surface area contributed by atoms with Crippen molar-refractivity contribution in [1.29, 1.82) is 0 Å². The van der Waals surface area contributed by atoms with Crippen LogP contribution in [0.15, 0.2) is 59.1 Å². The van der Waals surface area contributed by atoms with E-state index < -0.39 is 0 Å². The van der Waals surface area contributed by atoms with Crippen molar-refractivity contribution in [1.82, 2.24) is 0 Å². The molecular weight excluding hydrogens is 367 g/mol. The summed E-state index contributed by atoms with van der Waals surface area (Å²) in [6.07, 6.45) is 2.80. The van der Waals surface area contributed by atoms with Gasteiger partial charge in [-0.1, -0.05) is 85.6 Å². The van der Waals surface area contributed by atoms with E-state index in [9.17, 15) is 4.79 Å². The standard InChI is InChI=1S/C13H10.C9H12Cl2O2/c1-3-7-12-10(5-1)9-11-6-2-4-8-13(11)12;1-9(2)5(4-6(10)11)7(9)8(12)13-3/h1-8H,9H2;4-5,7H,1-3H3. The molecule has 1 saturated carbocycles. The minimum absolute atomic E-state index is 0.0812. The van der Waals surface area contributed by atoms with Crippen molar-refractivity contribution in [2.75, 3.05) is 7.11 Å². The van der Waals surface area contributed by atoms with Crippen molar-refractivity contribution in [3.63, 3.8) is 0 Å². The zero-order valence-corrected chi connectivity index (χ0v) is 16.6. The highest BCUT2D eigenvalue weighted by molar-refractivity contribution is 6.55. The Morgan fingerprint density at radius 1 is 1.04 bits per heavy atom. The lowest BCUT2D eigenvalue weighted by Gasteiger charge is -1.98. The molecule has 4 rings (SSSR count). The summed E-state index contributed by atoms with van der Waals surface area (Å²) in [6, 6.07) is 17.3. The molecule has 1 fully saturated rings. The van der Waals surface area contributed by atoms with Gasteiger partial charge in [0.2, 0.25) is 0 Å². The fourth-order valence-corrected chi connectivity index (χ4v) is 4.05. The molecule has 0 spiro atoms. The summed E-state index contributed by atoms with van der Waals surface area (Å²) in [5.41, 5.74) is 5.67. The van der Waals surface area contributed by atoms with Crippen LogP contribution in [-0.4, -0.2) is 13.1 Å². The molecule has 0 aromatic heterocycles. The molecule has 2 aromatic rings. The quantitative estimate of drug-likeness (QED) is 0.502. The fourth-order valence-electron chi connectivity index (χ4n) is 3.78. The Bertz CT molecular complexity index is 807. The maximum atomic E-state index is 11.2. The van der Waals surface area contributed by atoms with Crippen LogP contribution in [0.3, 0.4) is 0 Å². The van der Waals surface area contributed by atoms with Crippen molar-refractivity contribution < 1.29 is 9.53 Å². The molecule has 0 N–H and O–H groups in total. The number of hydrogen-bond acceptors (Lipinski definition) is 2. The van der Waals surface area contributed by atoms with Gasteiger partial charge < -0.3 is 4.74 Å². The number of ether oxygens (including phenoxy) is 1. The minimum atomic E-state index is -0.194. The van der Waals surface area contributed by atoms with Gasteiger partial charge in [-0.25, -0.2) is 0 Å². The molecule has 2 nitrogen and oxygen atoms in total. The molecule has 136 valence electrons. The van der Waals surface area contributed by atoms with Crippen molar-refractivity contribution in [2.45, 2.75) is 20.3 Å². The third-order valence-electron chi connectivity index (χ3n) is 5.38. The van der Waals surface area contributed by atoms with Gasteiger partial charge in [0.15, 0.2) is 0 Å². The molecule has 2 unspecified atom stereocenters. The average molecular weight is 389 g/mol. The number of benzene rings is 2. The Morgan fingerprint density at radius 2 is 1.54 bits per heavy atom. The largest absolute Gasteiger partial charge is 0.469 e. The number of methoxy groups -OCH3 is 1. The van der Waals surface area contributed by atoms with E-state index >= 15 is 0 Å². The molecule has 0 aliphatic heterocycles. The average Bonchev–Trinajstić information content (AvgIpc) is 2.99. The van der Waals surface area contributed by atoms with Gasteiger partial charge >= 0.3 is 5.97 Å². The van der Waals surface area contributed by atoms with Gasteiger partial charge in [0.05, 0.1) is 13.0 Å². The summed E-state index contributed by atoms with van der Waals surface area (Å²) in [5.74, 6) is -0.198. The molecule has 2 aliphatic carbocycles. The normalized spacial score (nSPS) is 20.8. The third kappa shape index (κ3) is 3.67. The highest BCUT2D eigenvalue weighted by Crippen LogP contribution is 2.60. The lowest BCUT2D eigenvalue weighted by Crippen LogP contribution is -2.07. The Labute approximate surface area is 164 Å². The minimum Gasteiger partial charge on any atom is -0.469 e. The first-order valence-electron chi connectivity index (χ1n) is 8.63. The van der Waals surface area contributed by atoms with Crippen molar-refractivity contribution in [2.24, 2.45) is 17.3 Å². The Balaban J connectivity index is 0.000000151. The second-order valence-electron chi connectivity index (χ2n) is 7.30. The lowest BCUT2D eigenvalue weighted by atomic mass is 10.1. The Kier molecular flexibility index (Phi) is 5.45. The monoisotopic (exact) mass is 388 g/mol. The molecule has 0 amide bonds. The van der Waals surface area contributed by atoms with Crippen molar-refractivity contribution >= 4 is 29.2 Å². The number of hydrogen-bond donors (Lipinski definition) is 0. The first-order valence-corrected chi connectivity index (χ1v) is 9.38.